The predicted molar refractivity (Wildman–Crippen MR) is 113 cm³/mol. The van der Waals surface area contributed by atoms with Crippen molar-refractivity contribution in [2.75, 3.05) is 10.0 Å². The molecule has 0 bridgehead atoms. The number of para-hydroxylation sites is 1. The quantitative estimate of drug-likeness (QED) is 0.499. The third kappa shape index (κ3) is 4.13. The van der Waals surface area contributed by atoms with Crippen molar-refractivity contribution in [1.82, 2.24) is 4.98 Å². The molecule has 0 atom stereocenters. The van der Waals surface area contributed by atoms with E-state index in [1.54, 1.807) is 24.4 Å². The molecule has 6 nitrogen and oxygen atoms in total. The monoisotopic (exact) mass is 421 g/mol. The van der Waals surface area contributed by atoms with Crippen LogP contribution < -0.4 is 10.0 Å². The first-order valence-electron chi connectivity index (χ1n) is 8.96. The number of amides is 1. The molecule has 1 heterocycles. The molecule has 0 radical (unpaired) electrons. The van der Waals surface area contributed by atoms with Crippen LogP contribution in [-0.4, -0.2) is 19.3 Å². The Kier molecular flexibility index (Phi) is 5.16. The maximum Gasteiger partial charge on any atom is 0.261 e. The topological polar surface area (TPSA) is 88.2 Å². The Morgan fingerprint density at radius 1 is 0.900 bits per heavy atom. The van der Waals surface area contributed by atoms with Crippen molar-refractivity contribution in [2.45, 2.75) is 4.90 Å². The molecule has 150 valence electrons. The summed E-state index contributed by atoms with van der Waals surface area (Å²) in [5, 5.41) is 3.65. The highest BCUT2D eigenvalue weighted by molar-refractivity contribution is 7.92. The van der Waals surface area contributed by atoms with E-state index in [0.29, 0.717) is 11.2 Å². The van der Waals surface area contributed by atoms with Gasteiger partial charge in [-0.2, -0.15) is 0 Å². The summed E-state index contributed by atoms with van der Waals surface area (Å²) in [6.07, 6.45) is 1.63. The van der Waals surface area contributed by atoms with Gasteiger partial charge in [-0.25, -0.2) is 12.8 Å². The van der Waals surface area contributed by atoms with E-state index in [0.717, 1.165) is 17.5 Å². The van der Waals surface area contributed by atoms with Gasteiger partial charge in [-0.3, -0.25) is 14.5 Å². The zero-order valence-electron chi connectivity index (χ0n) is 15.5. The number of anilines is 2. The van der Waals surface area contributed by atoms with Crippen LogP contribution in [0.25, 0.3) is 10.9 Å². The van der Waals surface area contributed by atoms with E-state index in [4.69, 9.17) is 0 Å². The second-order valence-electron chi connectivity index (χ2n) is 6.48. The first-order chi connectivity index (χ1) is 14.4. The Bertz CT molecular complexity index is 1330. The first-order valence-corrected chi connectivity index (χ1v) is 10.4. The van der Waals surface area contributed by atoms with Crippen LogP contribution in [0.15, 0.2) is 90.0 Å². The Morgan fingerprint density at radius 3 is 2.43 bits per heavy atom. The lowest BCUT2D eigenvalue weighted by atomic mass is 10.1. The molecule has 0 spiro atoms. The number of hydrogen-bond donors (Lipinski definition) is 2. The van der Waals surface area contributed by atoms with Gasteiger partial charge in [-0.15, -0.1) is 0 Å². The Morgan fingerprint density at radius 2 is 1.63 bits per heavy atom. The van der Waals surface area contributed by atoms with Gasteiger partial charge in [0, 0.05) is 22.8 Å². The summed E-state index contributed by atoms with van der Waals surface area (Å²) < 4.78 is 40.7. The van der Waals surface area contributed by atoms with Crippen molar-refractivity contribution in [3.05, 3.63) is 96.4 Å². The summed E-state index contributed by atoms with van der Waals surface area (Å²) in [6, 6.07) is 19.7. The number of nitrogens with one attached hydrogen (secondary N) is 2. The molecule has 0 aliphatic rings. The molecule has 1 amide bonds. The molecular weight excluding hydrogens is 405 g/mol. The average molecular weight is 421 g/mol. The molecule has 2 N–H and O–H groups in total. The maximum atomic E-state index is 13.0. The summed E-state index contributed by atoms with van der Waals surface area (Å²) in [5.41, 5.74) is 1.55. The van der Waals surface area contributed by atoms with Gasteiger partial charge in [0.05, 0.1) is 16.1 Å². The number of benzene rings is 3. The predicted octanol–water partition coefficient (Wildman–Crippen LogP) is 4.43. The number of halogens is 1. The van der Waals surface area contributed by atoms with E-state index in [9.17, 15) is 17.6 Å². The molecule has 0 unspecified atom stereocenters. The van der Waals surface area contributed by atoms with Crippen LogP contribution in [0.4, 0.5) is 15.8 Å². The lowest BCUT2D eigenvalue weighted by Crippen LogP contribution is -2.16. The van der Waals surface area contributed by atoms with Gasteiger partial charge in [-0.05, 0) is 54.6 Å². The number of carbonyl (C=O) groups excluding carboxylic acids is 1. The lowest BCUT2D eigenvalue weighted by Gasteiger charge is -2.11. The van der Waals surface area contributed by atoms with E-state index in [-0.39, 0.29) is 16.1 Å². The normalized spacial score (nSPS) is 11.2. The minimum Gasteiger partial charge on any atom is -0.320 e. The first kappa shape index (κ1) is 19.5. The summed E-state index contributed by atoms with van der Waals surface area (Å²) >= 11 is 0. The van der Waals surface area contributed by atoms with Crippen LogP contribution in [-0.2, 0) is 10.0 Å². The lowest BCUT2D eigenvalue weighted by molar-refractivity contribution is 0.102. The molecule has 0 saturated carbocycles. The Balaban J connectivity index is 1.59. The van der Waals surface area contributed by atoms with Crippen molar-refractivity contribution in [2.24, 2.45) is 0 Å². The summed E-state index contributed by atoms with van der Waals surface area (Å²) in [4.78, 5) is 16.9. The van der Waals surface area contributed by atoms with Crippen LogP contribution >= 0.6 is 0 Å². The number of carbonyl (C=O) groups is 1. The molecular formula is C22H16FN3O3S. The van der Waals surface area contributed by atoms with Gasteiger partial charge in [0.2, 0.25) is 0 Å². The molecule has 3 aromatic carbocycles. The highest BCUT2D eigenvalue weighted by Gasteiger charge is 2.17. The fraction of sp³-hybridized carbons (Fsp3) is 0. The second kappa shape index (κ2) is 7.92. The molecule has 0 fully saturated rings. The minimum atomic E-state index is -3.95. The van der Waals surface area contributed by atoms with Crippen molar-refractivity contribution < 1.29 is 17.6 Å². The molecule has 30 heavy (non-hydrogen) atoms. The van der Waals surface area contributed by atoms with E-state index >= 15 is 0 Å². The van der Waals surface area contributed by atoms with Crippen molar-refractivity contribution >= 4 is 38.2 Å². The third-order valence-electron chi connectivity index (χ3n) is 4.38. The molecule has 0 aliphatic heterocycles. The average Bonchev–Trinajstić information content (AvgIpc) is 2.75. The summed E-state index contributed by atoms with van der Waals surface area (Å²) in [7, 11) is -3.95. The van der Waals surface area contributed by atoms with Crippen molar-refractivity contribution in [3.8, 4) is 0 Å². The van der Waals surface area contributed by atoms with Gasteiger partial charge >= 0.3 is 0 Å². The van der Waals surface area contributed by atoms with Gasteiger partial charge in [0.15, 0.2) is 0 Å². The second-order valence-corrected chi connectivity index (χ2v) is 8.16. The van der Waals surface area contributed by atoms with Crippen molar-refractivity contribution in [3.63, 3.8) is 0 Å². The summed E-state index contributed by atoms with van der Waals surface area (Å²) in [5.74, 6) is -0.938. The standard InChI is InChI=1S/C22H16FN3O3S/c23-17-9-11-18(12-10-17)26-30(28,29)19-7-1-5-16(14-19)22(27)25-20-8-2-4-15-6-3-13-24-21(15)20/h1-14,26H,(H,25,27). The number of nitrogens with zero attached hydrogens (tertiary/aromatic N) is 1. The zero-order chi connectivity index (χ0) is 21.1. The van der Waals surface area contributed by atoms with Crippen LogP contribution in [0.2, 0.25) is 0 Å². The third-order valence-corrected chi connectivity index (χ3v) is 5.76. The van der Waals surface area contributed by atoms with Gasteiger partial charge in [-0.1, -0.05) is 24.3 Å². The number of sulfonamides is 1. The van der Waals surface area contributed by atoms with E-state index in [1.165, 1.54) is 36.4 Å². The molecule has 1 aromatic heterocycles. The summed E-state index contributed by atoms with van der Waals surface area (Å²) in [6.45, 7) is 0. The smallest absolute Gasteiger partial charge is 0.261 e. The molecule has 8 heteroatoms. The molecule has 4 rings (SSSR count). The highest BCUT2D eigenvalue weighted by atomic mass is 32.2. The maximum absolute atomic E-state index is 13.0. The number of fused-ring (bicyclic) bond motifs is 1. The fourth-order valence-corrected chi connectivity index (χ4v) is 4.04. The van der Waals surface area contributed by atoms with Gasteiger partial charge in [0.25, 0.3) is 15.9 Å². The SMILES string of the molecule is O=C(Nc1cccc2cccnc12)c1cccc(S(=O)(=O)Nc2ccc(F)cc2)c1. The van der Waals surface area contributed by atoms with Gasteiger partial charge in [0.1, 0.15) is 5.82 Å². The van der Waals surface area contributed by atoms with Crippen LogP contribution in [0.3, 0.4) is 0 Å². The highest BCUT2D eigenvalue weighted by Crippen LogP contribution is 2.22. The van der Waals surface area contributed by atoms with Crippen LogP contribution in [0, 0.1) is 5.82 Å². The van der Waals surface area contributed by atoms with Crippen LogP contribution in [0.1, 0.15) is 10.4 Å². The van der Waals surface area contributed by atoms with Crippen LogP contribution in [0.5, 0.6) is 0 Å². The number of hydrogen-bond acceptors (Lipinski definition) is 4. The van der Waals surface area contributed by atoms with Crippen molar-refractivity contribution in [1.29, 1.82) is 0 Å². The molecule has 4 aromatic rings. The Hall–Kier alpha value is -3.78. The number of rotatable bonds is 5. The largest absolute Gasteiger partial charge is 0.320 e. The van der Waals surface area contributed by atoms with E-state index < -0.39 is 21.7 Å². The fourth-order valence-electron chi connectivity index (χ4n) is 2.94. The minimum absolute atomic E-state index is 0.0875. The van der Waals surface area contributed by atoms with E-state index in [1.807, 2.05) is 12.1 Å². The van der Waals surface area contributed by atoms with Gasteiger partial charge < -0.3 is 5.32 Å². The van der Waals surface area contributed by atoms with E-state index in [2.05, 4.69) is 15.0 Å². The Labute approximate surface area is 172 Å². The number of pyridine rings is 1. The number of aromatic nitrogens is 1. The zero-order valence-corrected chi connectivity index (χ0v) is 16.4. The molecule has 0 aliphatic carbocycles. The molecule has 0 saturated heterocycles.